The second-order valence-electron chi connectivity index (χ2n) is 4.80. The summed E-state index contributed by atoms with van der Waals surface area (Å²) in [7, 11) is -4.90. The minimum absolute atomic E-state index is 0.00350. The van der Waals surface area contributed by atoms with Crippen molar-refractivity contribution in [2.45, 2.75) is 27.7 Å². The summed E-state index contributed by atoms with van der Waals surface area (Å²) in [5.74, 6) is -0.123. The summed E-state index contributed by atoms with van der Waals surface area (Å²) < 4.78 is 24.0. The molecule has 0 heterocycles. The van der Waals surface area contributed by atoms with Gasteiger partial charge in [-0.25, -0.2) is 0 Å². The fourth-order valence-electron chi connectivity index (χ4n) is 1.58. The third kappa shape index (κ3) is 23.7. The van der Waals surface area contributed by atoms with Crippen LogP contribution >= 0.6 is 7.82 Å². The van der Waals surface area contributed by atoms with E-state index in [2.05, 4.69) is 30.6 Å². The summed E-state index contributed by atoms with van der Waals surface area (Å²) in [6, 6.07) is 0. The van der Waals surface area contributed by atoms with Crippen molar-refractivity contribution in [2.75, 3.05) is 59.2 Å². The van der Waals surface area contributed by atoms with E-state index in [0.717, 1.165) is 0 Å². The van der Waals surface area contributed by atoms with Gasteiger partial charge >= 0.3 is 0 Å². The summed E-state index contributed by atoms with van der Waals surface area (Å²) in [6.45, 7) is 13.0. The monoisotopic (exact) mass is 371 g/mol. The molecule has 0 spiro atoms. The van der Waals surface area contributed by atoms with Crippen molar-refractivity contribution in [1.29, 1.82) is 0 Å². The van der Waals surface area contributed by atoms with Crippen molar-refractivity contribution in [3.8, 4) is 0 Å². The average molecular weight is 371 g/mol. The number of carbonyl (C=O) groups is 1. The van der Waals surface area contributed by atoms with Gasteiger partial charge in [0, 0.05) is 13.5 Å². The number of rotatable bonds is 13. The molecule has 24 heavy (non-hydrogen) atoms. The van der Waals surface area contributed by atoms with Crippen LogP contribution in [0.3, 0.4) is 0 Å². The number of carbonyl (C=O) groups excluding carboxylic acids is 1. The van der Waals surface area contributed by atoms with Crippen LogP contribution < -0.4 is 20.0 Å². The molecule has 0 saturated heterocycles. The largest absolute Gasteiger partial charge is 0.790 e. The first kappa shape index (κ1) is 25.7. The van der Waals surface area contributed by atoms with Crippen molar-refractivity contribution in [3.05, 3.63) is 0 Å². The lowest BCUT2D eigenvalue weighted by Crippen LogP contribution is -3.11. The van der Waals surface area contributed by atoms with Gasteiger partial charge in [0.25, 0.3) is 0 Å². The molecule has 1 amide bonds. The first-order valence-electron chi connectivity index (χ1n) is 8.16. The first-order valence-corrected chi connectivity index (χ1v) is 9.62. The highest BCUT2D eigenvalue weighted by atomic mass is 31.2. The topological polar surface area (TPSA) is 124 Å². The summed E-state index contributed by atoms with van der Waals surface area (Å²) in [5, 5.41) is 2.55. The molecular formula is C14H32N2O7P-. The van der Waals surface area contributed by atoms with E-state index in [-0.39, 0.29) is 25.7 Å². The standard InChI is InChI=1S/C8H18NO7P.C6H15N/c1-8(10)9-2-3-14-4-5-15-6-7-16-17(11,12)13;1-4-7(5-2)6-3/h2-7H2,1H3,(H,9,10)(H2,11,12,13);4-6H2,1-3H3/p-1. The van der Waals surface area contributed by atoms with Crippen LogP contribution in [0.5, 0.6) is 0 Å². The molecule has 0 aromatic carbocycles. The Morgan fingerprint density at radius 1 is 0.958 bits per heavy atom. The molecular weight excluding hydrogens is 339 g/mol. The Morgan fingerprint density at radius 2 is 1.42 bits per heavy atom. The van der Waals surface area contributed by atoms with Gasteiger partial charge in [0.05, 0.1) is 60.5 Å². The van der Waals surface area contributed by atoms with Crippen molar-refractivity contribution in [2.24, 2.45) is 0 Å². The smallest absolute Gasteiger partial charge is 0.216 e. The van der Waals surface area contributed by atoms with Gasteiger partial charge in [-0.05, 0) is 20.8 Å². The van der Waals surface area contributed by atoms with E-state index in [1.54, 1.807) is 4.90 Å². The van der Waals surface area contributed by atoms with E-state index >= 15 is 0 Å². The third-order valence-electron chi connectivity index (χ3n) is 2.97. The zero-order valence-corrected chi connectivity index (χ0v) is 16.1. The highest BCUT2D eigenvalue weighted by molar-refractivity contribution is 7.43. The SMILES string of the molecule is CC(=O)NCCOCCOCCOP(=O)([O-])[O-].CC[NH+](CC)CC. The Hall–Kier alpha value is -0.540. The fourth-order valence-corrected chi connectivity index (χ4v) is 1.88. The number of nitrogens with one attached hydrogen (secondary N) is 2. The molecule has 0 atom stereocenters. The lowest BCUT2D eigenvalue weighted by molar-refractivity contribution is -0.894. The number of phosphoric ester groups is 1. The number of quaternary nitrogens is 1. The maximum Gasteiger partial charge on any atom is 0.216 e. The van der Waals surface area contributed by atoms with Crippen LogP contribution in [0.4, 0.5) is 0 Å². The molecule has 0 aliphatic heterocycles. The van der Waals surface area contributed by atoms with E-state index < -0.39 is 7.82 Å². The predicted octanol–water partition coefficient (Wildman–Crippen LogP) is -2.07. The number of hydrogen-bond acceptors (Lipinski definition) is 7. The van der Waals surface area contributed by atoms with Gasteiger partial charge in [-0.3, -0.25) is 4.79 Å². The molecule has 0 fully saturated rings. The van der Waals surface area contributed by atoms with Gasteiger partial charge in [-0.15, -0.1) is 0 Å². The number of phosphoric acid groups is 1. The molecule has 0 radical (unpaired) electrons. The minimum atomic E-state index is -4.90. The van der Waals surface area contributed by atoms with Gasteiger partial charge in [0.1, 0.15) is 0 Å². The molecule has 0 aliphatic carbocycles. The normalized spacial score (nSPS) is 11.1. The average Bonchev–Trinajstić information content (AvgIpc) is 2.50. The molecule has 0 bridgehead atoms. The second kappa shape index (κ2) is 17.3. The van der Waals surface area contributed by atoms with Crippen LogP contribution in [0.25, 0.3) is 0 Å². The Kier molecular flexibility index (Phi) is 18.5. The second-order valence-corrected chi connectivity index (χ2v) is 5.95. The maximum atomic E-state index is 10.5. The number of amides is 1. The van der Waals surface area contributed by atoms with Gasteiger partial charge in [-0.2, -0.15) is 0 Å². The van der Waals surface area contributed by atoms with Gasteiger partial charge < -0.3 is 38.6 Å². The van der Waals surface area contributed by atoms with Crippen molar-refractivity contribution in [1.82, 2.24) is 5.32 Å². The molecule has 0 aromatic heterocycles. The predicted molar refractivity (Wildman–Crippen MR) is 86.5 cm³/mol. The Morgan fingerprint density at radius 3 is 1.79 bits per heavy atom. The number of ether oxygens (including phenoxy) is 2. The molecule has 10 heteroatoms. The molecule has 2 N–H and O–H groups in total. The maximum absolute atomic E-state index is 10.5. The molecule has 0 saturated carbocycles. The van der Waals surface area contributed by atoms with Crippen molar-refractivity contribution < 1.29 is 38.0 Å². The van der Waals surface area contributed by atoms with E-state index in [0.29, 0.717) is 19.8 Å². The summed E-state index contributed by atoms with van der Waals surface area (Å²) >= 11 is 0. The first-order chi connectivity index (χ1) is 11.3. The van der Waals surface area contributed by atoms with Crippen LogP contribution in [0.1, 0.15) is 27.7 Å². The van der Waals surface area contributed by atoms with Gasteiger partial charge in [0.15, 0.2) is 0 Å². The van der Waals surface area contributed by atoms with Crippen LogP contribution in [-0.4, -0.2) is 65.1 Å². The summed E-state index contributed by atoms with van der Waals surface area (Å²) in [5.41, 5.74) is 0. The molecule has 0 aliphatic rings. The van der Waals surface area contributed by atoms with E-state index in [4.69, 9.17) is 9.47 Å². The quantitative estimate of drug-likeness (QED) is 0.282. The summed E-state index contributed by atoms with van der Waals surface area (Å²) in [4.78, 5) is 32.2. The fraction of sp³-hybridized carbons (Fsp3) is 0.929. The van der Waals surface area contributed by atoms with Crippen LogP contribution in [-0.2, 0) is 23.4 Å². The molecule has 0 unspecified atom stereocenters. The molecule has 0 aromatic rings. The lowest BCUT2D eigenvalue weighted by Gasteiger charge is -2.28. The zero-order chi connectivity index (χ0) is 18.8. The zero-order valence-electron chi connectivity index (χ0n) is 15.2. The van der Waals surface area contributed by atoms with Crippen LogP contribution in [0.2, 0.25) is 0 Å². The Balaban J connectivity index is 0. The van der Waals surface area contributed by atoms with Gasteiger partial charge in [0.2, 0.25) is 5.91 Å². The Bertz CT molecular complexity index is 330. The van der Waals surface area contributed by atoms with E-state index in [1.165, 1.54) is 26.6 Å². The van der Waals surface area contributed by atoms with Crippen molar-refractivity contribution >= 4 is 13.7 Å². The third-order valence-corrected chi connectivity index (χ3v) is 3.47. The number of hydrogen-bond donors (Lipinski definition) is 2. The summed E-state index contributed by atoms with van der Waals surface area (Å²) in [6.07, 6.45) is 0. The highest BCUT2D eigenvalue weighted by Crippen LogP contribution is 2.23. The van der Waals surface area contributed by atoms with Crippen LogP contribution in [0, 0.1) is 0 Å². The van der Waals surface area contributed by atoms with Crippen LogP contribution in [0.15, 0.2) is 0 Å². The minimum Gasteiger partial charge on any atom is -0.790 e. The lowest BCUT2D eigenvalue weighted by atomic mass is 10.5. The Labute approximate surface area is 144 Å². The molecule has 0 rings (SSSR count). The van der Waals surface area contributed by atoms with Gasteiger partial charge in [-0.1, -0.05) is 0 Å². The van der Waals surface area contributed by atoms with Crippen molar-refractivity contribution in [3.63, 3.8) is 0 Å². The highest BCUT2D eigenvalue weighted by Gasteiger charge is 1.94. The van der Waals surface area contributed by atoms with E-state index in [1.807, 2.05) is 0 Å². The van der Waals surface area contributed by atoms with E-state index in [9.17, 15) is 19.1 Å². The molecule has 9 nitrogen and oxygen atoms in total. The molecule has 146 valence electrons.